The third-order valence-electron chi connectivity index (χ3n) is 3.19. The van der Waals surface area contributed by atoms with Gasteiger partial charge < -0.3 is 0 Å². The topological polar surface area (TPSA) is 46.2 Å². The normalized spacial score (nSPS) is 35.0. The Bertz CT molecular complexity index is 391. The molecule has 3 nitrogen and oxygen atoms in total. The van der Waals surface area contributed by atoms with Gasteiger partial charge in [-0.3, -0.25) is 0 Å². The third kappa shape index (κ3) is 1.85. The lowest BCUT2D eigenvalue weighted by Gasteiger charge is -2.29. The highest BCUT2D eigenvalue weighted by molar-refractivity contribution is 7.91. The molecule has 86 valence electrons. The first-order chi connectivity index (χ1) is 6.74. The summed E-state index contributed by atoms with van der Waals surface area (Å²) in [6.07, 6.45) is 6.53. The number of allylic oxidation sites excluding steroid dienone is 1. The van der Waals surface area contributed by atoms with Crippen molar-refractivity contribution in [2.75, 3.05) is 0 Å². The molecule has 1 N–H and O–H groups in total. The van der Waals surface area contributed by atoms with E-state index in [-0.39, 0.29) is 5.54 Å². The van der Waals surface area contributed by atoms with E-state index in [2.05, 4.69) is 10.8 Å². The lowest BCUT2D eigenvalue weighted by atomic mass is 10.1. The molecule has 0 amide bonds. The second-order valence-electron chi connectivity index (χ2n) is 5.78. The molecule has 2 aliphatic rings. The molecule has 1 saturated carbocycles. The number of fused-ring (bicyclic) bond motifs is 2. The highest BCUT2D eigenvalue weighted by atomic mass is 32.2. The minimum Gasteiger partial charge on any atom is -0.211 e. The zero-order valence-electron chi connectivity index (χ0n) is 9.58. The summed E-state index contributed by atoms with van der Waals surface area (Å²) in [7, 11) is -3.22. The van der Waals surface area contributed by atoms with Crippen LogP contribution in [0.15, 0.2) is 12.2 Å². The van der Waals surface area contributed by atoms with Gasteiger partial charge in [0.1, 0.15) is 4.75 Å². The van der Waals surface area contributed by atoms with Crippen molar-refractivity contribution in [3.05, 3.63) is 12.2 Å². The predicted molar refractivity (Wildman–Crippen MR) is 61.0 cm³/mol. The number of nitrogens with one attached hydrogen (secondary N) is 1. The Morgan fingerprint density at radius 3 is 2.40 bits per heavy atom. The van der Waals surface area contributed by atoms with Gasteiger partial charge in [-0.05, 0) is 46.0 Å². The first kappa shape index (κ1) is 11.1. The van der Waals surface area contributed by atoms with Gasteiger partial charge in [0.15, 0.2) is 0 Å². The maximum Gasteiger partial charge on any atom is 0.221 e. The molecule has 0 aliphatic heterocycles. The molecule has 2 aliphatic carbocycles. The predicted octanol–water partition coefficient (Wildman–Crippen LogP) is 1.81. The monoisotopic (exact) mass is 229 g/mol. The molecule has 0 radical (unpaired) electrons. The van der Waals surface area contributed by atoms with Crippen molar-refractivity contribution < 1.29 is 8.42 Å². The first-order valence-electron chi connectivity index (χ1n) is 5.47. The summed E-state index contributed by atoms with van der Waals surface area (Å²) in [5, 5.41) is 0. The van der Waals surface area contributed by atoms with Crippen LogP contribution < -0.4 is 4.72 Å². The van der Waals surface area contributed by atoms with Crippen LogP contribution in [0.1, 0.15) is 40.0 Å². The minimum atomic E-state index is -3.22. The molecule has 1 fully saturated rings. The van der Waals surface area contributed by atoms with Gasteiger partial charge in [-0.15, -0.1) is 0 Å². The fourth-order valence-electron chi connectivity index (χ4n) is 2.54. The zero-order valence-corrected chi connectivity index (χ0v) is 10.4. The second kappa shape index (κ2) is 3.08. The molecule has 0 aromatic carbocycles. The van der Waals surface area contributed by atoms with Gasteiger partial charge in [0, 0.05) is 5.54 Å². The Kier molecular flexibility index (Phi) is 2.29. The Morgan fingerprint density at radius 1 is 1.40 bits per heavy atom. The summed E-state index contributed by atoms with van der Waals surface area (Å²) in [4.78, 5) is 0. The highest BCUT2D eigenvalue weighted by Crippen LogP contribution is 2.47. The molecule has 15 heavy (non-hydrogen) atoms. The van der Waals surface area contributed by atoms with Crippen molar-refractivity contribution in [3.8, 4) is 0 Å². The van der Waals surface area contributed by atoms with Gasteiger partial charge in [-0.25, -0.2) is 13.1 Å². The number of hydrogen-bond donors (Lipinski definition) is 1. The summed E-state index contributed by atoms with van der Waals surface area (Å²) in [5.74, 6) is 0.488. The molecule has 0 heterocycles. The highest BCUT2D eigenvalue weighted by Gasteiger charge is 2.51. The summed E-state index contributed by atoms with van der Waals surface area (Å²) in [6, 6.07) is 0. The summed E-state index contributed by atoms with van der Waals surface area (Å²) >= 11 is 0. The Morgan fingerprint density at radius 2 is 2.07 bits per heavy atom. The maximum atomic E-state index is 12.3. The summed E-state index contributed by atoms with van der Waals surface area (Å²) < 4.78 is 26.7. The van der Waals surface area contributed by atoms with Crippen LogP contribution in [0, 0.1) is 5.92 Å². The zero-order chi connectivity index (χ0) is 11.3. The number of rotatable bonds is 2. The quantitative estimate of drug-likeness (QED) is 0.734. The molecule has 2 atom stereocenters. The number of sulfonamides is 1. The van der Waals surface area contributed by atoms with E-state index in [4.69, 9.17) is 0 Å². The average Bonchev–Trinajstić information content (AvgIpc) is 2.58. The van der Waals surface area contributed by atoms with E-state index < -0.39 is 14.8 Å². The summed E-state index contributed by atoms with van der Waals surface area (Å²) in [5.41, 5.74) is -0.387. The third-order valence-corrected chi connectivity index (χ3v) is 5.65. The van der Waals surface area contributed by atoms with Crippen molar-refractivity contribution in [3.63, 3.8) is 0 Å². The molecule has 2 rings (SSSR count). The van der Waals surface area contributed by atoms with Gasteiger partial charge in [-0.1, -0.05) is 12.2 Å². The van der Waals surface area contributed by atoms with E-state index in [1.165, 1.54) is 0 Å². The van der Waals surface area contributed by atoms with Crippen LogP contribution in [0.25, 0.3) is 0 Å². The smallest absolute Gasteiger partial charge is 0.211 e. The first-order valence-corrected chi connectivity index (χ1v) is 6.95. The van der Waals surface area contributed by atoms with Crippen molar-refractivity contribution in [1.29, 1.82) is 0 Å². The lowest BCUT2D eigenvalue weighted by molar-refractivity contribution is 0.472. The molecule has 0 aromatic heterocycles. The number of hydrogen-bond acceptors (Lipinski definition) is 2. The van der Waals surface area contributed by atoms with E-state index in [1.54, 1.807) is 0 Å². The molecule has 0 saturated heterocycles. The average molecular weight is 229 g/mol. The summed E-state index contributed by atoms with van der Waals surface area (Å²) in [6.45, 7) is 5.64. The van der Waals surface area contributed by atoms with Gasteiger partial charge in [0.05, 0.1) is 0 Å². The van der Waals surface area contributed by atoms with Crippen molar-refractivity contribution in [1.82, 2.24) is 4.72 Å². The van der Waals surface area contributed by atoms with Gasteiger partial charge >= 0.3 is 0 Å². The van der Waals surface area contributed by atoms with E-state index >= 15 is 0 Å². The largest absolute Gasteiger partial charge is 0.221 e. The van der Waals surface area contributed by atoms with Crippen LogP contribution in [0.2, 0.25) is 0 Å². The molecule has 2 unspecified atom stereocenters. The van der Waals surface area contributed by atoms with E-state index in [9.17, 15) is 8.42 Å². The Labute approximate surface area is 92.0 Å². The molecule has 0 aromatic rings. The van der Waals surface area contributed by atoms with Crippen LogP contribution in [0.5, 0.6) is 0 Å². The standard InChI is InChI=1S/C11H19NO2S/c1-10(2,3)12-15(13,14)11-6-4-9(8-11)5-7-11/h4,6,9,12H,5,7-8H2,1-3H3. The fourth-order valence-corrected chi connectivity index (χ4v) is 4.63. The second-order valence-corrected chi connectivity index (χ2v) is 7.81. The van der Waals surface area contributed by atoms with E-state index in [0.717, 1.165) is 19.3 Å². The molecular weight excluding hydrogens is 210 g/mol. The molecular formula is C11H19NO2S. The van der Waals surface area contributed by atoms with E-state index in [0.29, 0.717) is 5.92 Å². The van der Waals surface area contributed by atoms with Gasteiger partial charge in [0.25, 0.3) is 0 Å². The van der Waals surface area contributed by atoms with Gasteiger partial charge in [-0.2, -0.15) is 0 Å². The minimum absolute atomic E-state index is 0.387. The van der Waals surface area contributed by atoms with Crippen LogP contribution in [-0.2, 0) is 10.0 Å². The fraction of sp³-hybridized carbons (Fsp3) is 0.818. The van der Waals surface area contributed by atoms with Crippen LogP contribution in [0.4, 0.5) is 0 Å². The van der Waals surface area contributed by atoms with E-state index in [1.807, 2.05) is 26.8 Å². The molecule has 0 spiro atoms. The van der Waals surface area contributed by atoms with Crippen LogP contribution in [-0.4, -0.2) is 18.7 Å². The van der Waals surface area contributed by atoms with Crippen LogP contribution >= 0.6 is 0 Å². The maximum absolute atomic E-state index is 12.3. The molecule has 4 heteroatoms. The van der Waals surface area contributed by atoms with Crippen molar-refractivity contribution >= 4 is 10.0 Å². The van der Waals surface area contributed by atoms with Gasteiger partial charge in [0.2, 0.25) is 10.0 Å². The van der Waals surface area contributed by atoms with Crippen molar-refractivity contribution in [2.24, 2.45) is 5.92 Å². The van der Waals surface area contributed by atoms with Crippen LogP contribution in [0.3, 0.4) is 0 Å². The SMILES string of the molecule is CC(C)(C)NS(=O)(=O)C12C=CC(CC1)C2. The Hall–Kier alpha value is -0.350. The molecule has 2 bridgehead atoms. The lowest BCUT2D eigenvalue weighted by Crippen LogP contribution is -2.50. The Balaban J connectivity index is 2.27. The van der Waals surface area contributed by atoms with Crippen molar-refractivity contribution in [2.45, 2.75) is 50.3 Å².